The molecule has 2 unspecified atom stereocenters. The summed E-state index contributed by atoms with van der Waals surface area (Å²) < 4.78 is 5.35. The molecule has 3 rings (SSSR count). The lowest BCUT2D eigenvalue weighted by Gasteiger charge is -2.21. The maximum Gasteiger partial charge on any atom is 0.232 e. The van der Waals surface area contributed by atoms with E-state index in [0.717, 1.165) is 25.2 Å². The summed E-state index contributed by atoms with van der Waals surface area (Å²) in [6.45, 7) is 5.64. The van der Waals surface area contributed by atoms with Gasteiger partial charge in [-0.25, -0.2) is 0 Å². The fraction of sp³-hybridized carbons (Fsp3) is 0.500. The number of carbonyl (C=O) groups is 1. The number of nitrogens with zero attached hydrogens (tertiary/aromatic N) is 3. The molecule has 0 N–H and O–H groups in total. The predicted molar refractivity (Wildman–Crippen MR) is 87.1 cm³/mol. The molecule has 1 saturated heterocycles. The molecule has 1 aromatic heterocycles. The Morgan fingerprint density at radius 2 is 2.13 bits per heavy atom. The first-order valence-electron chi connectivity index (χ1n) is 8.32. The smallest absolute Gasteiger partial charge is 0.232 e. The van der Waals surface area contributed by atoms with Crippen LogP contribution in [0.5, 0.6) is 0 Å². The van der Waals surface area contributed by atoms with Crippen LogP contribution in [0.1, 0.15) is 55.8 Å². The largest absolute Gasteiger partial charge is 0.341 e. The van der Waals surface area contributed by atoms with Crippen LogP contribution < -0.4 is 0 Å². The second-order valence-electron chi connectivity index (χ2n) is 6.31. The van der Waals surface area contributed by atoms with Crippen LogP contribution in [0.15, 0.2) is 34.9 Å². The minimum Gasteiger partial charge on any atom is -0.341 e. The van der Waals surface area contributed by atoms with Gasteiger partial charge in [0.2, 0.25) is 11.8 Å². The van der Waals surface area contributed by atoms with Crippen LogP contribution in [0.4, 0.5) is 0 Å². The average Bonchev–Trinajstić information content (AvgIpc) is 3.16. The molecule has 0 aliphatic carbocycles. The zero-order chi connectivity index (χ0) is 16.2. The highest BCUT2D eigenvalue weighted by Crippen LogP contribution is 2.29. The number of carbonyl (C=O) groups excluding carboxylic acids is 1. The van der Waals surface area contributed by atoms with Crippen LogP contribution in [-0.4, -0.2) is 34.0 Å². The van der Waals surface area contributed by atoms with Crippen molar-refractivity contribution >= 4 is 5.91 Å². The van der Waals surface area contributed by atoms with Crippen molar-refractivity contribution in [1.29, 1.82) is 0 Å². The van der Waals surface area contributed by atoms with Crippen LogP contribution in [0.2, 0.25) is 0 Å². The van der Waals surface area contributed by atoms with Crippen molar-refractivity contribution in [3.05, 3.63) is 47.6 Å². The Balaban J connectivity index is 1.63. The third-order valence-electron chi connectivity index (χ3n) is 4.38. The van der Waals surface area contributed by atoms with Gasteiger partial charge in [-0.2, -0.15) is 4.98 Å². The molecule has 1 aliphatic rings. The first-order valence-corrected chi connectivity index (χ1v) is 8.32. The normalized spacial score (nSPS) is 19.3. The molecular weight excluding hydrogens is 290 g/mol. The quantitative estimate of drug-likeness (QED) is 0.822. The second-order valence-corrected chi connectivity index (χ2v) is 6.31. The molecule has 2 heterocycles. The van der Waals surface area contributed by atoms with Gasteiger partial charge in [-0.15, -0.1) is 0 Å². The van der Waals surface area contributed by atoms with Crippen molar-refractivity contribution in [2.24, 2.45) is 0 Å². The highest BCUT2D eigenvalue weighted by Gasteiger charge is 2.34. The van der Waals surface area contributed by atoms with E-state index in [2.05, 4.69) is 36.1 Å². The predicted octanol–water partition coefficient (Wildman–Crippen LogP) is 3.14. The number of aromatic nitrogens is 2. The van der Waals surface area contributed by atoms with E-state index in [9.17, 15) is 4.79 Å². The van der Waals surface area contributed by atoms with Gasteiger partial charge in [0.25, 0.3) is 0 Å². The Morgan fingerprint density at radius 1 is 1.35 bits per heavy atom. The standard InChI is InChI=1S/C18H23N3O2/c1-3-7-16-19-18(23-20-16)15-10-17(22)21(12-15)11-13(2)14-8-5-4-6-9-14/h4-6,8-9,13,15H,3,7,10-12H2,1-2H3. The van der Waals surface area contributed by atoms with Gasteiger partial charge in [-0.05, 0) is 17.9 Å². The zero-order valence-corrected chi connectivity index (χ0v) is 13.7. The van der Waals surface area contributed by atoms with Crippen LogP contribution in [0, 0.1) is 0 Å². The maximum absolute atomic E-state index is 12.3. The van der Waals surface area contributed by atoms with Gasteiger partial charge in [0.05, 0.1) is 5.92 Å². The second kappa shape index (κ2) is 6.94. The van der Waals surface area contributed by atoms with E-state index in [1.54, 1.807) is 0 Å². The maximum atomic E-state index is 12.3. The fourth-order valence-corrected chi connectivity index (χ4v) is 3.09. The third kappa shape index (κ3) is 3.60. The Hall–Kier alpha value is -2.17. The van der Waals surface area contributed by atoms with Crippen molar-refractivity contribution in [2.45, 2.75) is 44.9 Å². The van der Waals surface area contributed by atoms with Crippen LogP contribution >= 0.6 is 0 Å². The minimum absolute atomic E-state index is 0.0311. The highest BCUT2D eigenvalue weighted by atomic mass is 16.5. The molecule has 1 fully saturated rings. The zero-order valence-electron chi connectivity index (χ0n) is 13.7. The Bertz CT molecular complexity index is 653. The molecule has 122 valence electrons. The Kier molecular flexibility index (Phi) is 4.74. The van der Waals surface area contributed by atoms with Gasteiger partial charge in [0.15, 0.2) is 5.82 Å². The summed E-state index contributed by atoms with van der Waals surface area (Å²) in [7, 11) is 0. The molecule has 0 saturated carbocycles. The van der Waals surface area contributed by atoms with E-state index >= 15 is 0 Å². The van der Waals surface area contributed by atoms with Gasteiger partial charge >= 0.3 is 0 Å². The molecule has 0 bridgehead atoms. The lowest BCUT2D eigenvalue weighted by molar-refractivity contribution is -0.127. The number of likely N-dealkylation sites (tertiary alicyclic amines) is 1. The van der Waals surface area contributed by atoms with Crippen LogP contribution in [-0.2, 0) is 11.2 Å². The summed E-state index contributed by atoms with van der Waals surface area (Å²) in [5, 5.41) is 3.99. The van der Waals surface area contributed by atoms with E-state index in [-0.39, 0.29) is 11.8 Å². The summed E-state index contributed by atoms with van der Waals surface area (Å²) in [5.41, 5.74) is 1.26. The van der Waals surface area contributed by atoms with E-state index in [0.29, 0.717) is 24.8 Å². The highest BCUT2D eigenvalue weighted by molar-refractivity contribution is 5.79. The van der Waals surface area contributed by atoms with Crippen LogP contribution in [0.25, 0.3) is 0 Å². The number of hydrogen-bond acceptors (Lipinski definition) is 4. The van der Waals surface area contributed by atoms with E-state index in [1.807, 2.05) is 23.1 Å². The molecule has 1 aromatic carbocycles. The molecule has 1 amide bonds. The molecule has 5 nitrogen and oxygen atoms in total. The molecule has 5 heteroatoms. The van der Waals surface area contributed by atoms with Crippen molar-refractivity contribution in [2.75, 3.05) is 13.1 Å². The Labute approximate surface area is 136 Å². The van der Waals surface area contributed by atoms with Gasteiger partial charge in [-0.3, -0.25) is 4.79 Å². The van der Waals surface area contributed by atoms with Gasteiger partial charge in [0, 0.05) is 25.9 Å². The number of rotatable bonds is 6. The summed E-state index contributed by atoms with van der Waals surface area (Å²) in [5.74, 6) is 1.87. The minimum atomic E-state index is 0.0311. The number of aryl methyl sites for hydroxylation is 1. The summed E-state index contributed by atoms with van der Waals surface area (Å²) in [4.78, 5) is 18.6. The molecule has 0 spiro atoms. The molecule has 2 atom stereocenters. The number of hydrogen-bond donors (Lipinski definition) is 0. The van der Waals surface area contributed by atoms with Crippen molar-refractivity contribution in [3.8, 4) is 0 Å². The lowest BCUT2D eigenvalue weighted by Crippen LogP contribution is -2.29. The molecule has 23 heavy (non-hydrogen) atoms. The number of amides is 1. The Morgan fingerprint density at radius 3 is 2.87 bits per heavy atom. The van der Waals surface area contributed by atoms with E-state index in [4.69, 9.17) is 4.52 Å². The SMILES string of the molecule is CCCc1noc(C2CC(=O)N(CC(C)c3ccccc3)C2)n1. The first-order chi connectivity index (χ1) is 11.2. The summed E-state index contributed by atoms with van der Waals surface area (Å²) in [6, 6.07) is 10.3. The molecule has 2 aromatic rings. The van der Waals surface area contributed by atoms with Crippen LogP contribution in [0.3, 0.4) is 0 Å². The first kappa shape index (κ1) is 15.7. The van der Waals surface area contributed by atoms with Gasteiger partial charge in [-0.1, -0.05) is 49.3 Å². The fourth-order valence-electron chi connectivity index (χ4n) is 3.09. The van der Waals surface area contributed by atoms with Gasteiger partial charge < -0.3 is 9.42 Å². The van der Waals surface area contributed by atoms with Crippen molar-refractivity contribution < 1.29 is 9.32 Å². The summed E-state index contributed by atoms with van der Waals surface area (Å²) in [6.07, 6.45) is 2.28. The van der Waals surface area contributed by atoms with Crippen molar-refractivity contribution in [1.82, 2.24) is 15.0 Å². The summed E-state index contributed by atoms with van der Waals surface area (Å²) >= 11 is 0. The lowest BCUT2D eigenvalue weighted by atomic mass is 10.0. The third-order valence-corrected chi connectivity index (χ3v) is 4.38. The monoisotopic (exact) mass is 313 g/mol. The topological polar surface area (TPSA) is 59.2 Å². The number of benzene rings is 1. The van der Waals surface area contributed by atoms with E-state index < -0.39 is 0 Å². The molecule has 0 radical (unpaired) electrons. The average molecular weight is 313 g/mol. The van der Waals surface area contributed by atoms with Crippen molar-refractivity contribution in [3.63, 3.8) is 0 Å². The van der Waals surface area contributed by atoms with Gasteiger partial charge in [0.1, 0.15) is 0 Å². The van der Waals surface area contributed by atoms with E-state index in [1.165, 1.54) is 5.56 Å². The molecule has 1 aliphatic heterocycles. The molecular formula is C18H23N3O2.